The molecule has 0 heterocycles. The van der Waals surface area contributed by atoms with E-state index in [-0.39, 0.29) is 11.1 Å². The maximum absolute atomic E-state index is 10.3. The Morgan fingerprint density at radius 3 is 1.41 bits per heavy atom. The molecule has 0 saturated heterocycles. The highest BCUT2D eigenvalue weighted by Gasteiger charge is 2.04. The first-order chi connectivity index (χ1) is 10.5. The topological polar surface area (TPSA) is 127 Å². The molecule has 0 aliphatic heterocycles. The van der Waals surface area contributed by atoms with Crippen molar-refractivity contribution >= 4 is 11.9 Å². The summed E-state index contributed by atoms with van der Waals surface area (Å²) in [6.07, 6.45) is 0. The second-order valence-corrected chi connectivity index (χ2v) is 4.42. The molecule has 0 aromatic heterocycles. The highest BCUT2D eigenvalue weighted by Crippen LogP contribution is 2.04. The molecular formula is C16H18N2O4. The third-order valence-corrected chi connectivity index (χ3v) is 2.84. The lowest BCUT2D eigenvalue weighted by atomic mass is 10.1. The number of carbonyl (C=O) groups is 2. The molecule has 22 heavy (non-hydrogen) atoms. The molecule has 2 aromatic carbocycles. The van der Waals surface area contributed by atoms with E-state index in [0.29, 0.717) is 13.1 Å². The van der Waals surface area contributed by atoms with Gasteiger partial charge in [0.25, 0.3) is 0 Å². The van der Waals surface area contributed by atoms with Crippen molar-refractivity contribution in [2.75, 3.05) is 0 Å². The van der Waals surface area contributed by atoms with Crippen molar-refractivity contribution in [3.8, 4) is 0 Å². The molecule has 2 aromatic rings. The van der Waals surface area contributed by atoms with Crippen LogP contribution in [0.2, 0.25) is 0 Å². The average molecular weight is 302 g/mol. The van der Waals surface area contributed by atoms with Crippen molar-refractivity contribution in [1.82, 2.24) is 0 Å². The summed E-state index contributed by atoms with van der Waals surface area (Å²) < 4.78 is 0. The smallest absolute Gasteiger partial charge is 0.335 e. The lowest BCUT2D eigenvalue weighted by Crippen LogP contribution is -2.00. The Labute approximate surface area is 128 Å². The summed E-state index contributed by atoms with van der Waals surface area (Å²) in [6.45, 7) is 1.18. The lowest BCUT2D eigenvalue weighted by molar-refractivity contribution is 0.0681. The first-order valence-corrected chi connectivity index (χ1v) is 6.52. The highest BCUT2D eigenvalue weighted by atomic mass is 16.4. The SMILES string of the molecule is NCc1cccc(CN)c1.O=C(O)c1ccc(C(=O)O)cc1. The number of hydrogen-bond donors (Lipinski definition) is 4. The van der Waals surface area contributed by atoms with Crippen LogP contribution in [0, 0.1) is 0 Å². The fourth-order valence-corrected chi connectivity index (χ4v) is 1.64. The minimum Gasteiger partial charge on any atom is -0.478 e. The van der Waals surface area contributed by atoms with Crippen LogP contribution in [-0.4, -0.2) is 22.2 Å². The molecule has 0 amide bonds. The highest BCUT2D eigenvalue weighted by molar-refractivity contribution is 5.91. The number of carboxylic acid groups (broad SMARTS) is 2. The summed E-state index contributed by atoms with van der Waals surface area (Å²) in [5.74, 6) is -2.13. The van der Waals surface area contributed by atoms with Crippen molar-refractivity contribution in [3.63, 3.8) is 0 Å². The van der Waals surface area contributed by atoms with Crippen LogP contribution in [0.4, 0.5) is 0 Å². The van der Waals surface area contributed by atoms with Gasteiger partial charge in [-0.2, -0.15) is 0 Å². The molecule has 0 radical (unpaired) electrons. The van der Waals surface area contributed by atoms with Gasteiger partial charge in [0.1, 0.15) is 0 Å². The quantitative estimate of drug-likeness (QED) is 0.680. The third kappa shape index (κ3) is 5.35. The second-order valence-electron chi connectivity index (χ2n) is 4.42. The second kappa shape index (κ2) is 8.56. The fourth-order valence-electron chi connectivity index (χ4n) is 1.64. The number of rotatable bonds is 4. The predicted molar refractivity (Wildman–Crippen MR) is 82.6 cm³/mol. The van der Waals surface area contributed by atoms with Gasteiger partial charge in [0, 0.05) is 13.1 Å². The number of aromatic carboxylic acids is 2. The molecule has 0 spiro atoms. The van der Waals surface area contributed by atoms with Gasteiger partial charge < -0.3 is 21.7 Å². The number of hydrogen-bond acceptors (Lipinski definition) is 4. The van der Waals surface area contributed by atoms with Crippen LogP contribution in [0.15, 0.2) is 48.5 Å². The summed E-state index contributed by atoms with van der Waals surface area (Å²) in [5.41, 5.74) is 13.3. The van der Waals surface area contributed by atoms with Crippen molar-refractivity contribution < 1.29 is 19.8 Å². The first kappa shape index (κ1) is 17.4. The van der Waals surface area contributed by atoms with E-state index in [1.165, 1.54) is 24.3 Å². The number of benzene rings is 2. The van der Waals surface area contributed by atoms with Gasteiger partial charge in [0.05, 0.1) is 11.1 Å². The standard InChI is InChI=1S/C8H12N2.C8H6O4/c9-5-7-2-1-3-8(4-7)6-10;9-7(10)5-1-2-6(4-3-5)8(11)12/h1-4H,5-6,9-10H2;1-4H,(H,9,10)(H,11,12). The Morgan fingerprint density at radius 1 is 0.773 bits per heavy atom. The minimum absolute atomic E-state index is 0.0833. The zero-order valence-electron chi connectivity index (χ0n) is 11.9. The monoisotopic (exact) mass is 302 g/mol. The number of nitrogens with two attached hydrogens (primary N) is 2. The fraction of sp³-hybridized carbons (Fsp3) is 0.125. The van der Waals surface area contributed by atoms with Crippen molar-refractivity contribution in [1.29, 1.82) is 0 Å². The predicted octanol–water partition coefficient (Wildman–Crippen LogP) is 1.69. The largest absolute Gasteiger partial charge is 0.478 e. The Balaban J connectivity index is 0.000000224. The van der Waals surface area contributed by atoms with Gasteiger partial charge in [0.15, 0.2) is 0 Å². The van der Waals surface area contributed by atoms with Gasteiger partial charge in [0.2, 0.25) is 0 Å². The molecule has 0 atom stereocenters. The maximum atomic E-state index is 10.3. The first-order valence-electron chi connectivity index (χ1n) is 6.52. The van der Waals surface area contributed by atoms with Crippen LogP contribution in [0.25, 0.3) is 0 Å². The summed E-state index contributed by atoms with van der Waals surface area (Å²) in [5, 5.41) is 16.9. The normalized spacial score (nSPS) is 9.55. The van der Waals surface area contributed by atoms with Crippen molar-refractivity contribution in [3.05, 3.63) is 70.8 Å². The number of carboxylic acids is 2. The van der Waals surface area contributed by atoms with E-state index < -0.39 is 11.9 Å². The molecular weight excluding hydrogens is 284 g/mol. The molecule has 116 valence electrons. The van der Waals surface area contributed by atoms with E-state index in [0.717, 1.165) is 11.1 Å². The molecule has 6 N–H and O–H groups in total. The molecule has 6 heteroatoms. The Morgan fingerprint density at radius 2 is 1.14 bits per heavy atom. The zero-order valence-corrected chi connectivity index (χ0v) is 11.9. The van der Waals surface area contributed by atoms with E-state index in [1.807, 2.05) is 24.3 Å². The molecule has 0 saturated carbocycles. The third-order valence-electron chi connectivity index (χ3n) is 2.84. The zero-order chi connectivity index (χ0) is 16.5. The minimum atomic E-state index is -1.06. The van der Waals surface area contributed by atoms with Crippen LogP contribution >= 0.6 is 0 Å². The summed E-state index contributed by atoms with van der Waals surface area (Å²) >= 11 is 0. The summed E-state index contributed by atoms with van der Waals surface area (Å²) in [6, 6.07) is 13.0. The molecule has 0 aliphatic carbocycles. The maximum Gasteiger partial charge on any atom is 0.335 e. The summed E-state index contributed by atoms with van der Waals surface area (Å²) in [7, 11) is 0. The van der Waals surface area contributed by atoms with Crippen LogP contribution in [0.3, 0.4) is 0 Å². The Bertz CT molecular complexity index is 587. The van der Waals surface area contributed by atoms with E-state index in [9.17, 15) is 9.59 Å². The summed E-state index contributed by atoms with van der Waals surface area (Å²) in [4.78, 5) is 20.7. The Hall–Kier alpha value is -2.70. The van der Waals surface area contributed by atoms with Crippen LogP contribution < -0.4 is 11.5 Å². The van der Waals surface area contributed by atoms with E-state index in [4.69, 9.17) is 21.7 Å². The van der Waals surface area contributed by atoms with Gasteiger partial charge >= 0.3 is 11.9 Å². The molecule has 0 fully saturated rings. The van der Waals surface area contributed by atoms with Gasteiger partial charge in [-0.3, -0.25) is 0 Å². The molecule has 0 aliphatic rings. The average Bonchev–Trinajstić information content (AvgIpc) is 2.55. The lowest BCUT2D eigenvalue weighted by Gasteiger charge is -1.98. The Kier molecular flexibility index (Phi) is 6.75. The molecule has 0 bridgehead atoms. The van der Waals surface area contributed by atoms with Gasteiger partial charge in [-0.1, -0.05) is 24.3 Å². The molecule has 2 rings (SSSR count). The van der Waals surface area contributed by atoms with Crippen LogP contribution in [0.5, 0.6) is 0 Å². The van der Waals surface area contributed by atoms with Crippen molar-refractivity contribution in [2.24, 2.45) is 11.5 Å². The van der Waals surface area contributed by atoms with E-state index in [1.54, 1.807) is 0 Å². The van der Waals surface area contributed by atoms with Crippen molar-refractivity contribution in [2.45, 2.75) is 13.1 Å². The molecule has 0 unspecified atom stereocenters. The van der Waals surface area contributed by atoms with Gasteiger partial charge in [-0.15, -0.1) is 0 Å². The van der Waals surface area contributed by atoms with E-state index in [2.05, 4.69) is 0 Å². The molecule has 6 nitrogen and oxygen atoms in total. The van der Waals surface area contributed by atoms with Gasteiger partial charge in [-0.05, 0) is 35.4 Å². The van der Waals surface area contributed by atoms with Crippen LogP contribution in [-0.2, 0) is 13.1 Å². The van der Waals surface area contributed by atoms with Gasteiger partial charge in [-0.25, -0.2) is 9.59 Å². The van der Waals surface area contributed by atoms with Crippen LogP contribution in [0.1, 0.15) is 31.8 Å². The van der Waals surface area contributed by atoms with E-state index >= 15 is 0 Å².